The van der Waals surface area contributed by atoms with Crippen molar-refractivity contribution in [2.45, 2.75) is 33.4 Å². The summed E-state index contributed by atoms with van der Waals surface area (Å²) in [7, 11) is 2.15. The zero-order valence-electron chi connectivity index (χ0n) is 10.8. The lowest BCUT2D eigenvalue weighted by atomic mass is 10.2. The standard InChI is InChI=1S/C13H23N3/c1-11(2)16(4)8-7-14-9-13-6-5-12(3)15-10-13/h5-6,10-11,14H,7-9H2,1-4H3. The van der Waals surface area contributed by atoms with Gasteiger partial charge in [-0.05, 0) is 39.4 Å². The van der Waals surface area contributed by atoms with Crippen LogP contribution in [0.4, 0.5) is 0 Å². The van der Waals surface area contributed by atoms with Gasteiger partial charge in [0.15, 0.2) is 0 Å². The highest BCUT2D eigenvalue weighted by Gasteiger charge is 2.01. The maximum atomic E-state index is 4.27. The summed E-state index contributed by atoms with van der Waals surface area (Å²) in [6.45, 7) is 9.43. The Hall–Kier alpha value is -0.930. The summed E-state index contributed by atoms with van der Waals surface area (Å²) in [5.41, 5.74) is 2.32. The van der Waals surface area contributed by atoms with Gasteiger partial charge in [0.05, 0.1) is 0 Å². The second-order valence-corrected chi connectivity index (χ2v) is 4.56. The average Bonchev–Trinajstić information content (AvgIpc) is 2.26. The van der Waals surface area contributed by atoms with E-state index in [1.54, 1.807) is 0 Å². The van der Waals surface area contributed by atoms with Crippen LogP contribution in [0.15, 0.2) is 18.3 Å². The smallest absolute Gasteiger partial charge is 0.0372 e. The second kappa shape index (κ2) is 6.61. The molecule has 0 aliphatic heterocycles. The lowest BCUT2D eigenvalue weighted by Crippen LogP contribution is -2.33. The van der Waals surface area contributed by atoms with Crippen molar-refractivity contribution in [2.24, 2.45) is 0 Å². The van der Waals surface area contributed by atoms with Gasteiger partial charge in [-0.3, -0.25) is 4.98 Å². The predicted molar refractivity (Wildman–Crippen MR) is 68.4 cm³/mol. The van der Waals surface area contributed by atoms with Gasteiger partial charge in [-0.25, -0.2) is 0 Å². The first-order chi connectivity index (χ1) is 7.59. The van der Waals surface area contributed by atoms with Crippen LogP contribution >= 0.6 is 0 Å². The van der Waals surface area contributed by atoms with E-state index in [2.05, 4.69) is 48.2 Å². The number of hydrogen-bond donors (Lipinski definition) is 1. The Bertz CT molecular complexity index is 293. The predicted octanol–water partition coefficient (Wildman–Crippen LogP) is 1.82. The molecule has 0 atom stereocenters. The summed E-state index contributed by atoms with van der Waals surface area (Å²) in [6, 6.07) is 4.79. The highest BCUT2D eigenvalue weighted by Crippen LogP contribution is 1.98. The molecule has 1 heterocycles. The van der Waals surface area contributed by atoms with Crippen LogP contribution in [-0.4, -0.2) is 36.1 Å². The summed E-state index contributed by atoms with van der Waals surface area (Å²) < 4.78 is 0. The number of pyridine rings is 1. The molecule has 1 N–H and O–H groups in total. The van der Waals surface area contributed by atoms with Gasteiger partial charge < -0.3 is 10.2 Å². The lowest BCUT2D eigenvalue weighted by Gasteiger charge is -2.20. The number of hydrogen-bond acceptors (Lipinski definition) is 3. The first-order valence-corrected chi connectivity index (χ1v) is 5.92. The maximum absolute atomic E-state index is 4.27. The molecule has 0 bridgehead atoms. The Morgan fingerprint density at radius 1 is 1.38 bits per heavy atom. The minimum atomic E-state index is 0.614. The van der Waals surface area contributed by atoms with E-state index in [4.69, 9.17) is 0 Å². The van der Waals surface area contributed by atoms with Gasteiger partial charge in [0.2, 0.25) is 0 Å². The van der Waals surface area contributed by atoms with E-state index in [9.17, 15) is 0 Å². The molecule has 1 aromatic rings. The number of aryl methyl sites for hydroxylation is 1. The molecule has 0 saturated carbocycles. The van der Waals surface area contributed by atoms with E-state index >= 15 is 0 Å². The van der Waals surface area contributed by atoms with Crippen molar-refractivity contribution in [3.63, 3.8) is 0 Å². The number of nitrogens with one attached hydrogen (secondary N) is 1. The Kier molecular flexibility index (Phi) is 5.43. The molecule has 0 radical (unpaired) electrons. The van der Waals surface area contributed by atoms with Gasteiger partial charge in [0.25, 0.3) is 0 Å². The Morgan fingerprint density at radius 2 is 2.12 bits per heavy atom. The Morgan fingerprint density at radius 3 is 2.69 bits per heavy atom. The molecular formula is C13H23N3. The fourth-order valence-electron chi connectivity index (χ4n) is 1.35. The van der Waals surface area contributed by atoms with Gasteiger partial charge in [0.1, 0.15) is 0 Å². The van der Waals surface area contributed by atoms with Gasteiger partial charge in [0, 0.05) is 37.6 Å². The van der Waals surface area contributed by atoms with Crippen LogP contribution in [0.5, 0.6) is 0 Å². The van der Waals surface area contributed by atoms with Crippen LogP contribution in [0.25, 0.3) is 0 Å². The number of nitrogens with zero attached hydrogens (tertiary/aromatic N) is 2. The van der Waals surface area contributed by atoms with Gasteiger partial charge in [-0.15, -0.1) is 0 Å². The third-order valence-electron chi connectivity index (χ3n) is 2.82. The third kappa shape index (κ3) is 4.73. The second-order valence-electron chi connectivity index (χ2n) is 4.56. The molecule has 90 valence electrons. The summed E-state index contributed by atoms with van der Waals surface area (Å²) in [5.74, 6) is 0. The van der Waals surface area contributed by atoms with Crippen LogP contribution in [0.3, 0.4) is 0 Å². The molecule has 0 aliphatic carbocycles. The van der Waals surface area contributed by atoms with Gasteiger partial charge in [-0.1, -0.05) is 6.07 Å². The van der Waals surface area contributed by atoms with E-state index in [1.165, 1.54) is 5.56 Å². The molecular weight excluding hydrogens is 198 g/mol. The largest absolute Gasteiger partial charge is 0.311 e. The summed E-state index contributed by atoms with van der Waals surface area (Å²) in [5, 5.41) is 3.43. The fourth-order valence-corrected chi connectivity index (χ4v) is 1.35. The minimum absolute atomic E-state index is 0.614. The molecule has 3 nitrogen and oxygen atoms in total. The number of rotatable bonds is 6. The molecule has 0 unspecified atom stereocenters. The Labute approximate surface area is 98.9 Å². The molecule has 0 aliphatic rings. The molecule has 0 fully saturated rings. The molecule has 0 amide bonds. The van der Waals surface area contributed by atoms with Crippen molar-refractivity contribution < 1.29 is 0 Å². The van der Waals surface area contributed by atoms with E-state index in [0.717, 1.165) is 25.3 Å². The SMILES string of the molecule is Cc1ccc(CNCCN(C)C(C)C)cn1. The van der Waals surface area contributed by atoms with Crippen molar-refractivity contribution >= 4 is 0 Å². The molecule has 0 aromatic carbocycles. The normalized spacial score (nSPS) is 11.4. The van der Waals surface area contributed by atoms with Crippen molar-refractivity contribution in [1.82, 2.24) is 15.2 Å². The minimum Gasteiger partial charge on any atom is -0.311 e. The average molecular weight is 221 g/mol. The highest BCUT2D eigenvalue weighted by atomic mass is 15.1. The summed E-state index contributed by atoms with van der Waals surface area (Å²) in [4.78, 5) is 6.60. The van der Waals surface area contributed by atoms with Crippen LogP contribution in [0, 0.1) is 6.92 Å². The maximum Gasteiger partial charge on any atom is 0.0372 e. The lowest BCUT2D eigenvalue weighted by molar-refractivity contribution is 0.273. The van der Waals surface area contributed by atoms with Crippen molar-refractivity contribution in [2.75, 3.05) is 20.1 Å². The van der Waals surface area contributed by atoms with Crippen LogP contribution in [0.1, 0.15) is 25.1 Å². The summed E-state index contributed by atoms with van der Waals surface area (Å²) >= 11 is 0. The number of aromatic nitrogens is 1. The topological polar surface area (TPSA) is 28.2 Å². The molecule has 16 heavy (non-hydrogen) atoms. The quantitative estimate of drug-likeness (QED) is 0.743. The molecule has 0 spiro atoms. The van der Waals surface area contributed by atoms with Crippen molar-refractivity contribution in [1.29, 1.82) is 0 Å². The van der Waals surface area contributed by atoms with Crippen molar-refractivity contribution in [3.8, 4) is 0 Å². The summed E-state index contributed by atoms with van der Waals surface area (Å²) in [6.07, 6.45) is 1.94. The zero-order valence-corrected chi connectivity index (χ0v) is 10.8. The van der Waals surface area contributed by atoms with Crippen LogP contribution < -0.4 is 5.32 Å². The Balaban J connectivity index is 2.18. The molecule has 3 heteroatoms. The third-order valence-corrected chi connectivity index (χ3v) is 2.82. The van der Waals surface area contributed by atoms with Gasteiger partial charge in [-0.2, -0.15) is 0 Å². The van der Waals surface area contributed by atoms with Crippen LogP contribution in [0.2, 0.25) is 0 Å². The van der Waals surface area contributed by atoms with Crippen molar-refractivity contribution in [3.05, 3.63) is 29.6 Å². The fraction of sp³-hybridized carbons (Fsp3) is 0.615. The molecule has 1 aromatic heterocycles. The van der Waals surface area contributed by atoms with Gasteiger partial charge >= 0.3 is 0 Å². The monoisotopic (exact) mass is 221 g/mol. The molecule has 0 saturated heterocycles. The zero-order chi connectivity index (χ0) is 12.0. The van der Waals surface area contributed by atoms with E-state index in [1.807, 2.05) is 13.1 Å². The van der Waals surface area contributed by atoms with E-state index in [-0.39, 0.29) is 0 Å². The van der Waals surface area contributed by atoms with Crippen LogP contribution in [-0.2, 0) is 6.54 Å². The first kappa shape index (κ1) is 13.1. The number of likely N-dealkylation sites (N-methyl/N-ethyl adjacent to an activating group) is 1. The molecule has 1 rings (SSSR count). The van der Waals surface area contributed by atoms with E-state index < -0.39 is 0 Å². The first-order valence-electron chi connectivity index (χ1n) is 5.92. The van der Waals surface area contributed by atoms with E-state index in [0.29, 0.717) is 6.04 Å². The highest BCUT2D eigenvalue weighted by molar-refractivity contribution is 5.12.